The number of primary sulfonamides is 1. The Morgan fingerprint density at radius 3 is 2.28 bits per heavy atom. The second-order valence-corrected chi connectivity index (χ2v) is 8.08. The van der Waals surface area contributed by atoms with Gasteiger partial charge in [-0.2, -0.15) is 0 Å². The van der Waals surface area contributed by atoms with Crippen LogP contribution in [0.4, 0.5) is 5.69 Å². The highest BCUT2D eigenvalue weighted by molar-refractivity contribution is 7.89. The summed E-state index contributed by atoms with van der Waals surface area (Å²) in [6.45, 7) is 3.75. The van der Waals surface area contributed by atoms with Crippen LogP contribution in [-0.4, -0.2) is 14.3 Å². The standard InChI is InChI=1S/C22H17N2O4S/c1-14-12-16(8-11-21(14)29(23,26)27)15-6-9-18(10-7-15)24-22(25)20-13-17-4-2-3-5-19(17)28-20/h2-13H,1H2,(H,24,25)(H2,23,26,27). The summed E-state index contributed by atoms with van der Waals surface area (Å²) in [5.74, 6) is -0.109. The Labute approximate surface area is 168 Å². The number of para-hydroxylation sites is 1. The van der Waals surface area contributed by atoms with E-state index in [1.54, 1.807) is 36.4 Å². The number of benzene rings is 3. The van der Waals surface area contributed by atoms with E-state index >= 15 is 0 Å². The van der Waals surface area contributed by atoms with Gasteiger partial charge in [0, 0.05) is 11.1 Å². The maximum atomic E-state index is 12.4. The maximum absolute atomic E-state index is 12.4. The number of hydrogen-bond acceptors (Lipinski definition) is 4. The molecule has 0 atom stereocenters. The molecule has 0 fully saturated rings. The Morgan fingerprint density at radius 2 is 1.62 bits per heavy atom. The number of anilines is 1. The molecule has 0 bridgehead atoms. The number of hydrogen-bond donors (Lipinski definition) is 2. The van der Waals surface area contributed by atoms with Crippen LogP contribution in [0, 0.1) is 6.92 Å². The lowest BCUT2D eigenvalue weighted by atomic mass is 10.0. The largest absolute Gasteiger partial charge is 0.451 e. The van der Waals surface area contributed by atoms with E-state index < -0.39 is 10.0 Å². The molecular weight excluding hydrogens is 388 g/mol. The zero-order valence-electron chi connectivity index (χ0n) is 15.3. The number of furan rings is 1. The van der Waals surface area contributed by atoms with Crippen molar-refractivity contribution in [3.05, 3.63) is 91.0 Å². The van der Waals surface area contributed by atoms with Gasteiger partial charge in [0.25, 0.3) is 5.91 Å². The van der Waals surface area contributed by atoms with Crippen molar-refractivity contribution in [2.24, 2.45) is 5.14 Å². The first kappa shape index (κ1) is 18.9. The first-order valence-corrected chi connectivity index (χ1v) is 10.2. The molecule has 0 aliphatic carbocycles. The number of nitrogens with two attached hydrogens (primary N) is 1. The summed E-state index contributed by atoms with van der Waals surface area (Å²) >= 11 is 0. The number of amides is 1. The molecule has 3 N–H and O–H groups in total. The molecule has 1 radical (unpaired) electrons. The molecule has 6 nitrogen and oxygen atoms in total. The number of fused-ring (bicyclic) bond motifs is 1. The number of sulfonamides is 1. The van der Waals surface area contributed by atoms with Crippen molar-refractivity contribution in [1.29, 1.82) is 0 Å². The summed E-state index contributed by atoms with van der Waals surface area (Å²) < 4.78 is 28.6. The average molecular weight is 405 g/mol. The van der Waals surface area contributed by atoms with Gasteiger partial charge in [-0.25, -0.2) is 13.6 Å². The predicted octanol–water partition coefficient (Wildman–Crippen LogP) is 4.18. The first-order valence-electron chi connectivity index (χ1n) is 8.70. The van der Waals surface area contributed by atoms with Crippen molar-refractivity contribution in [3.63, 3.8) is 0 Å². The lowest BCUT2D eigenvalue weighted by Gasteiger charge is -2.08. The zero-order valence-corrected chi connectivity index (χ0v) is 16.1. The van der Waals surface area contributed by atoms with E-state index in [0.29, 0.717) is 16.8 Å². The van der Waals surface area contributed by atoms with Gasteiger partial charge in [-0.15, -0.1) is 0 Å². The number of nitrogens with one attached hydrogen (secondary N) is 1. The minimum Gasteiger partial charge on any atom is -0.451 e. The molecule has 0 aliphatic rings. The fourth-order valence-electron chi connectivity index (χ4n) is 3.07. The van der Waals surface area contributed by atoms with Crippen molar-refractivity contribution in [3.8, 4) is 11.1 Å². The van der Waals surface area contributed by atoms with Crippen molar-refractivity contribution >= 4 is 32.6 Å². The van der Waals surface area contributed by atoms with Crippen molar-refractivity contribution in [1.82, 2.24) is 0 Å². The van der Waals surface area contributed by atoms with Gasteiger partial charge in [0.1, 0.15) is 5.58 Å². The van der Waals surface area contributed by atoms with E-state index in [1.807, 2.05) is 30.3 Å². The quantitative estimate of drug-likeness (QED) is 0.532. The number of carbonyl (C=O) groups is 1. The molecule has 1 aromatic heterocycles. The van der Waals surface area contributed by atoms with Crippen LogP contribution in [0.25, 0.3) is 22.1 Å². The average Bonchev–Trinajstić information content (AvgIpc) is 3.12. The van der Waals surface area contributed by atoms with Crippen molar-refractivity contribution in [2.75, 3.05) is 5.32 Å². The van der Waals surface area contributed by atoms with Gasteiger partial charge in [-0.3, -0.25) is 4.79 Å². The summed E-state index contributed by atoms with van der Waals surface area (Å²) in [5.41, 5.74) is 3.22. The zero-order chi connectivity index (χ0) is 20.6. The Bertz CT molecular complexity index is 1290. The fraction of sp³-hybridized carbons (Fsp3) is 0. The topological polar surface area (TPSA) is 102 Å². The third kappa shape index (κ3) is 3.91. The number of carbonyl (C=O) groups excluding carboxylic acids is 1. The maximum Gasteiger partial charge on any atom is 0.291 e. The van der Waals surface area contributed by atoms with Crippen LogP contribution in [0.3, 0.4) is 0 Å². The Balaban J connectivity index is 1.53. The molecule has 1 heterocycles. The Kier molecular flexibility index (Phi) is 4.70. The van der Waals surface area contributed by atoms with E-state index in [2.05, 4.69) is 12.2 Å². The number of rotatable bonds is 4. The van der Waals surface area contributed by atoms with Crippen LogP contribution in [0.15, 0.2) is 82.1 Å². The van der Waals surface area contributed by atoms with Gasteiger partial charge in [0.2, 0.25) is 10.0 Å². The molecular formula is C22H17N2O4S. The molecule has 4 rings (SSSR count). The van der Waals surface area contributed by atoms with Crippen LogP contribution in [0.5, 0.6) is 0 Å². The second kappa shape index (κ2) is 7.20. The molecule has 3 aromatic carbocycles. The molecule has 0 spiro atoms. The van der Waals surface area contributed by atoms with Crippen molar-refractivity contribution < 1.29 is 17.6 Å². The van der Waals surface area contributed by atoms with Crippen LogP contribution in [0.2, 0.25) is 0 Å². The molecule has 0 aliphatic heterocycles. The normalized spacial score (nSPS) is 11.5. The van der Waals surface area contributed by atoms with Crippen LogP contribution in [-0.2, 0) is 10.0 Å². The lowest BCUT2D eigenvalue weighted by molar-refractivity contribution is 0.0998. The molecule has 0 saturated heterocycles. The van der Waals surface area contributed by atoms with Gasteiger partial charge in [-0.1, -0.05) is 36.4 Å². The van der Waals surface area contributed by atoms with Crippen LogP contribution >= 0.6 is 0 Å². The minimum atomic E-state index is -3.81. The molecule has 0 saturated carbocycles. The van der Waals surface area contributed by atoms with Gasteiger partial charge in [0.15, 0.2) is 5.76 Å². The van der Waals surface area contributed by atoms with Crippen LogP contribution < -0.4 is 10.5 Å². The summed E-state index contributed by atoms with van der Waals surface area (Å²) in [6.07, 6.45) is 0. The molecule has 4 aromatic rings. The smallest absolute Gasteiger partial charge is 0.291 e. The van der Waals surface area contributed by atoms with E-state index in [4.69, 9.17) is 9.56 Å². The van der Waals surface area contributed by atoms with Crippen LogP contribution in [0.1, 0.15) is 16.1 Å². The third-order valence-corrected chi connectivity index (χ3v) is 5.50. The third-order valence-electron chi connectivity index (χ3n) is 4.49. The SMILES string of the molecule is [CH2]c1cc(-c2ccc(NC(=O)c3cc4ccccc4o3)cc2)ccc1S(N)(=O)=O. The van der Waals surface area contributed by atoms with Gasteiger partial charge >= 0.3 is 0 Å². The summed E-state index contributed by atoms with van der Waals surface area (Å²) in [4.78, 5) is 12.4. The molecule has 1 amide bonds. The van der Waals surface area contributed by atoms with E-state index in [1.165, 1.54) is 6.07 Å². The molecule has 29 heavy (non-hydrogen) atoms. The first-order chi connectivity index (χ1) is 13.8. The Morgan fingerprint density at radius 1 is 0.931 bits per heavy atom. The minimum absolute atomic E-state index is 0.00373. The highest BCUT2D eigenvalue weighted by Gasteiger charge is 2.14. The van der Waals surface area contributed by atoms with Gasteiger partial charge < -0.3 is 9.73 Å². The fourth-order valence-corrected chi connectivity index (χ4v) is 3.75. The van der Waals surface area contributed by atoms with Gasteiger partial charge in [-0.05, 0) is 60.0 Å². The highest BCUT2D eigenvalue weighted by atomic mass is 32.2. The van der Waals surface area contributed by atoms with E-state index in [-0.39, 0.29) is 16.6 Å². The molecule has 145 valence electrons. The van der Waals surface area contributed by atoms with E-state index in [0.717, 1.165) is 16.5 Å². The second-order valence-electron chi connectivity index (χ2n) is 6.55. The molecule has 7 heteroatoms. The summed E-state index contributed by atoms with van der Waals surface area (Å²) in [7, 11) is -3.81. The molecule has 0 unspecified atom stereocenters. The Hall–Kier alpha value is -3.42. The lowest BCUT2D eigenvalue weighted by Crippen LogP contribution is -2.13. The highest BCUT2D eigenvalue weighted by Crippen LogP contribution is 2.26. The van der Waals surface area contributed by atoms with E-state index in [9.17, 15) is 13.2 Å². The van der Waals surface area contributed by atoms with Gasteiger partial charge in [0.05, 0.1) is 4.90 Å². The summed E-state index contributed by atoms with van der Waals surface area (Å²) in [5, 5.41) is 8.83. The predicted molar refractivity (Wildman–Crippen MR) is 112 cm³/mol. The summed E-state index contributed by atoms with van der Waals surface area (Å²) in [6, 6.07) is 21.0. The van der Waals surface area contributed by atoms with Crippen molar-refractivity contribution in [2.45, 2.75) is 4.90 Å². The monoisotopic (exact) mass is 405 g/mol.